The molecule has 0 bridgehead atoms. The molecule has 3 rings (SSSR count). The van der Waals surface area contributed by atoms with E-state index in [9.17, 15) is 27.5 Å². The summed E-state index contributed by atoms with van der Waals surface area (Å²) in [6, 6.07) is 0.204. The second kappa shape index (κ2) is 9.84. The third-order valence-corrected chi connectivity index (χ3v) is 5.25. The molecule has 1 aromatic heterocycles. The van der Waals surface area contributed by atoms with Crippen molar-refractivity contribution in [1.29, 1.82) is 0 Å². The van der Waals surface area contributed by atoms with Gasteiger partial charge in [0.1, 0.15) is 11.9 Å². The number of rotatable bonds is 6. The fraction of sp³-hybridized carbons (Fsp3) is 0.421. The van der Waals surface area contributed by atoms with Gasteiger partial charge in [-0.2, -0.15) is 13.2 Å². The molecule has 0 saturated carbocycles. The van der Waals surface area contributed by atoms with Gasteiger partial charge in [0.2, 0.25) is 5.95 Å². The summed E-state index contributed by atoms with van der Waals surface area (Å²) < 4.78 is 52.3. The van der Waals surface area contributed by atoms with Gasteiger partial charge in [-0.1, -0.05) is 17.7 Å². The topological polar surface area (TPSA) is 111 Å². The summed E-state index contributed by atoms with van der Waals surface area (Å²) in [6.45, 7) is -1.41. The van der Waals surface area contributed by atoms with Crippen LogP contribution in [0.2, 0.25) is 5.02 Å². The van der Waals surface area contributed by atoms with Gasteiger partial charge in [-0.25, -0.2) is 19.2 Å². The molecule has 174 valence electrons. The molecule has 1 aliphatic rings. The Bertz CT molecular complexity index is 978. The van der Waals surface area contributed by atoms with Crippen LogP contribution in [0, 0.1) is 5.82 Å². The molecular formula is C19H20ClF4N5O3. The van der Waals surface area contributed by atoms with Crippen LogP contribution in [0.25, 0.3) is 0 Å². The number of fused-ring (bicyclic) bond motifs is 1. The van der Waals surface area contributed by atoms with E-state index in [1.807, 2.05) is 5.32 Å². The lowest BCUT2D eigenvalue weighted by Crippen LogP contribution is -2.45. The lowest BCUT2D eigenvalue weighted by Gasteiger charge is -2.30. The van der Waals surface area contributed by atoms with Crippen molar-refractivity contribution in [1.82, 2.24) is 20.2 Å². The SMILES string of the molecule is O=C(NC(CO)c1ccc(Cl)c(F)c1)N1CCc2cnc(NC(CO)C(F)(F)F)nc2C1. The zero-order chi connectivity index (χ0) is 23.5. The molecular weight excluding hydrogens is 458 g/mol. The van der Waals surface area contributed by atoms with Crippen LogP contribution in [0.1, 0.15) is 22.9 Å². The maximum atomic E-state index is 13.7. The van der Waals surface area contributed by atoms with Crippen LogP contribution in [0.5, 0.6) is 0 Å². The molecule has 1 aromatic carbocycles. The molecule has 0 radical (unpaired) electrons. The van der Waals surface area contributed by atoms with E-state index in [1.54, 1.807) is 0 Å². The van der Waals surface area contributed by atoms with E-state index < -0.39 is 43.3 Å². The van der Waals surface area contributed by atoms with Crippen molar-refractivity contribution < 1.29 is 32.6 Å². The van der Waals surface area contributed by atoms with Crippen LogP contribution < -0.4 is 10.6 Å². The van der Waals surface area contributed by atoms with E-state index in [4.69, 9.17) is 16.7 Å². The molecule has 0 spiro atoms. The van der Waals surface area contributed by atoms with E-state index in [0.29, 0.717) is 23.2 Å². The summed E-state index contributed by atoms with van der Waals surface area (Å²) in [5.74, 6) is -1.02. The quantitative estimate of drug-likeness (QED) is 0.476. The lowest BCUT2D eigenvalue weighted by atomic mass is 10.1. The van der Waals surface area contributed by atoms with E-state index in [1.165, 1.54) is 23.2 Å². The molecule has 2 unspecified atom stereocenters. The lowest BCUT2D eigenvalue weighted by molar-refractivity contribution is -0.149. The molecule has 8 nitrogen and oxygen atoms in total. The Balaban J connectivity index is 1.70. The van der Waals surface area contributed by atoms with Crippen molar-refractivity contribution >= 4 is 23.6 Å². The molecule has 13 heteroatoms. The van der Waals surface area contributed by atoms with Gasteiger partial charge in [-0.15, -0.1) is 0 Å². The third-order valence-electron chi connectivity index (χ3n) is 4.94. The highest BCUT2D eigenvalue weighted by atomic mass is 35.5. The van der Waals surface area contributed by atoms with Crippen molar-refractivity contribution in [3.63, 3.8) is 0 Å². The molecule has 4 N–H and O–H groups in total. The van der Waals surface area contributed by atoms with Crippen molar-refractivity contribution in [2.24, 2.45) is 0 Å². The number of hydrogen-bond acceptors (Lipinski definition) is 6. The number of anilines is 1. The van der Waals surface area contributed by atoms with Gasteiger partial charge in [0.05, 0.1) is 36.5 Å². The van der Waals surface area contributed by atoms with Crippen molar-refractivity contribution in [2.45, 2.75) is 31.2 Å². The maximum absolute atomic E-state index is 13.7. The number of carbonyl (C=O) groups is 1. The van der Waals surface area contributed by atoms with Gasteiger partial charge in [-0.05, 0) is 29.7 Å². The van der Waals surface area contributed by atoms with Gasteiger partial charge in [0, 0.05) is 12.7 Å². The number of benzene rings is 1. The van der Waals surface area contributed by atoms with Gasteiger partial charge in [0.15, 0.2) is 0 Å². The molecule has 1 aliphatic heterocycles. The Kier molecular flexibility index (Phi) is 7.36. The van der Waals surface area contributed by atoms with Crippen molar-refractivity contribution in [2.75, 3.05) is 25.1 Å². The molecule has 0 aliphatic carbocycles. The number of amides is 2. The number of aliphatic hydroxyl groups is 2. The third kappa shape index (κ3) is 5.56. The van der Waals surface area contributed by atoms with Gasteiger partial charge >= 0.3 is 12.2 Å². The Morgan fingerprint density at radius 1 is 1.28 bits per heavy atom. The number of alkyl halides is 3. The molecule has 2 heterocycles. The second-order valence-electron chi connectivity index (χ2n) is 7.12. The highest BCUT2D eigenvalue weighted by Gasteiger charge is 2.40. The molecule has 0 fully saturated rings. The summed E-state index contributed by atoms with van der Waals surface area (Å²) in [6.07, 6.45) is -2.96. The fourth-order valence-corrected chi connectivity index (χ4v) is 3.25. The van der Waals surface area contributed by atoms with Crippen LogP contribution in [-0.4, -0.2) is 63.1 Å². The average Bonchev–Trinajstić information content (AvgIpc) is 2.76. The van der Waals surface area contributed by atoms with E-state index in [-0.39, 0.29) is 24.1 Å². The Hall–Kier alpha value is -2.70. The smallest absolute Gasteiger partial charge is 0.394 e. The van der Waals surface area contributed by atoms with E-state index in [2.05, 4.69) is 15.3 Å². The Morgan fingerprint density at radius 2 is 2.03 bits per heavy atom. The predicted molar refractivity (Wildman–Crippen MR) is 106 cm³/mol. The van der Waals surface area contributed by atoms with Crippen molar-refractivity contribution in [3.8, 4) is 0 Å². The maximum Gasteiger partial charge on any atom is 0.410 e. The van der Waals surface area contributed by atoms with Crippen molar-refractivity contribution in [3.05, 3.63) is 52.1 Å². The molecule has 0 saturated heterocycles. The Labute approximate surface area is 185 Å². The minimum atomic E-state index is -4.69. The number of carbonyl (C=O) groups excluding carboxylic acids is 1. The van der Waals surface area contributed by atoms with E-state index >= 15 is 0 Å². The van der Waals surface area contributed by atoms with Gasteiger partial charge in [0.25, 0.3) is 0 Å². The number of halogens is 5. The Morgan fingerprint density at radius 3 is 2.66 bits per heavy atom. The number of aliphatic hydroxyl groups excluding tert-OH is 2. The largest absolute Gasteiger partial charge is 0.410 e. The predicted octanol–water partition coefficient (Wildman–Crippen LogP) is 2.41. The van der Waals surface area contributed by atoms with Crippen LogP contribution >= 0.6 is 11.6 Å². The molecule has 2 aromatic rings. The standard InChI is InChI=1S/C19H20ClF4N5O3/c20-12-2-1-10(5-13(12)21)15(8-30)27-18(32)29-4-3-11-6-25-17(26-14(11)7-29)28-16(9-31)19(22,23)24/h1-2,5-6,15-16,30-31H,3-4,7-9H2,(H,27,32)(H,25,26,28). The zero-order valence-electron chi connectivity index (χ0n) is 16.5. The number of hydrogen-bond donors (Lipinski definition) is 4. The number of aromatic nitrogens is 2. The minimum absolute atomic E-state index is 0.0126. The number of nitrogens with one attached hydrogen (secondary N) is 2. The van der Waals surface area contributed by atoms with Crippen LogP contribution in [0.15, 0.2) is 24.4 Å². The first kappa shape index (κ1) is 24.0. The minimum Gasteiger partial charge on any atom is -0.394 e. The summed E-state index contributed by atoms with van der Waals surface area (Å²) in [5, 5.41) is 23.1. The second-order valence-corrected chi connectivity index (χ2v) is 7.52. The number of urea groups is 1. The molecule has 2 amide bonds. The normalized spacial score (nSPS) is 15.7. The monoisotopic (exact) mass is 477 g/mol. The average molecular weight is 478 g/mol. The van der Waals surface area contributed by atoms with Crippen LogP contribution in [0.3, 0.4) is 0 Å². The summed E-state index contributed by atoms with van der Waals surface area (Å²) in [5.41, 5.74) is 1.34. The summed E-state index contributed by atoms with van der Waals surface area (Å²) in [7, 11) is 0. The van der Waals surface area contributed by atoms with Gasteiger partial charge in [-0.3, -0.25) is 0 Å². The molecule has 2 atom stereocenters. The first-order chi connectivity index (χ1) is 15.1. The van der Waals surface area contributed by atoms with E-state index in [0.717, 1.165) is 6.07 Å². The summed E-state index contributed by atoms with van der Waals surface area (Å²) in [4.78, 5) is 22.0. The fourth-order valence-electron chi connectivity index (χ4n) is 3.14. The summed E-state index contributed by atoms with van der Waals surface area (Å²) >= 11 is 5.66. The van der Waals surface area contributed by atoms with Crippen LogP contribution in [0.4, 0.5) is 28.3 Å². The number of nitrogens with zero attached hydrogens (tertiary/aromatic N) is 3. The highest BCUT2D eigenvalue weighted by molar-refractivity contribution is 6.30. The molecule has 32 heavy (non-hydrogen) atoms. The van der Waals surface area contributed by atoms with Gasteiger partial charge < -0.3 is 25.7 Å². The first-order valence-electron chi connectivity index (χ1n) is 9.52. The van der Waals surface area contributed by atoms with Crippen LogP contribution in [-0.2, 0) is 13.0 Å². The first-order valence-corrected chi connectivity index (χ1v) is 9.90. The highest BCUT2D eigenvalue weighted by Crippen LogP contribution is 2.24. The zero-order valence-corrected chi connectivity index (χ0v) is 17.3.